The molecule has 0 bridgehead atoms. The summed E-state index contributed by atoms with van der Waals surface area (Å²) in [4.78, 5) is 17.7. The second-order valence-corrected chi connectivity index (χ2v) is 9.87. The van der Waals surface area contributed by atoms with Gasteiger partial charge < -0.3 is 14.7 Å². The SMILES string of the molecule is COCCN1C[C@@H](C(=O)N2C[C@@H](C)C(O)(c3ccccc3)[C@@H](C)C2)[C@H](c2ccc(F)cc2F)C1. The summed E-state index contributed by atoms with van der Waals surface area (Å²) in [7, 11) is 1.63. The van der Waals surface area contributed by atoms with Crippen molar-refractivity contribution in [2.24, 2.45) is 17.8 Å². The van der Waals surface area contributed by atoms with Crippen molar-refractivity contribution in [1.29, 1.82) is 0 Å². The first-order valence-corrected chi connectivity index (χ1v) is 12.0. The third kappa shape index (κ3) is 4.61. The van der Waals surface area contributed by atoms with Gasteiger partial charge in [-0.05, 0) is 17.2 Å². The predicted octanol–water partition coefficient (Wildman–Crippen LogP) is 3.63. The van der Waals surface area contributed by atoms with E-state index in [0.29, 0.717) is 44.9 Å². The highest BCUT2D eigenvalue weighted by molar-refractivity contribution is 5.81. The smallest absolute Gasteiger partial charge is 0.227 e. The average Bonchev–Trinajstić information content (AvgIpc) is 3.24. The summed E-state index contributed by atoms with van der Waals surface area (Å²) in [5.74, 6) is -2.44. The molecule has 4 rings (SSSR count). The molecule has 2 heterocycles. The molecule has 0 spiro atoms. The normalized spacial score (nSPS) is 30.0. The van der Waals surface area contributed by atoms with E-state index in [2.05, 4.69) is 4.90 Å². The number of hydrogen-bond acceptors (Lipinski definition) is 4. The van der Waals surface area contributed by atoms with Gasteiger partial charge in [-0.3, -0.25) is 9.69 Å². The molecule has 5 atom stereocenters. The van der Waals surface area contributed by atoms with E-state index in [1.165, 1.54) is 12.1 Å². The van der Waals surface area contributed by atoms with E-state index in [-0.39, 0.29) is 23.7 Å². The molecule has 2 saturated heterocycles. The number of halogens is 2. The number of rotatable bonds is 6. The molecular weight excluding hydrogens is 438 g/mol. The van der Waals surface area contributed by atoms with Crippen molar-refractivity contribution < 1.29 is 23.4 Å². The van der Waals surface area contributed by atoms with Crippen molar-refractivity contribution in [3.05, 3.63) is 71.3 Å². The molecule has 0 aliphatic carbocycles. The average molecular weight is 473 g/mol. The lowest BCUT2D eigenvalue weighted by atomic mass is 9.70. The second-order valence-electron chi connectivity index (χ2n) is 9.87. The summed E-state index contributed by atoms with van der Waals surface area (Å²) in [6.45, 7) is 6.94. The molecule has 5 nitrogen and oxygen atoms in total. The van der Waals surface area contributed by atoms with Crippen molar-refractivity contribution in [2.45, 2.75) is 25.4 Å². The zero-order chi connectivity index (χ0) is 24.5. The van der Waals surface area contributed by atoms with Crippen LogP contribution in [-0.2, 0) is 15.1 Å². The van der Waals surface area contributed by atoms with Crippen LogP contribution in [-0.4, -0.2) is 67.3 Å². The molecular formula is C27H34F2N2O3. The molecule has 0 saturated carbocycles. The molecule has 34 heavy (non-hydrogen) atoms. The molecule has 2 fully saturated rings. The summed E-state index contributed by atoms with van der Waals surface area (Å²) < 4.78 is 33.5. The van der Waals surface area contributed by atoms with Gasteiger partial charge in [0.05, 0.1) is 18.1 Å². The number of nitrogens with zero attached hydrogens (tertiary/aromatic N) is 2. The molecule has 184 valence electrons. The first kappa shape index (κ1) is 24.8. The van der Waals surface area contributed by atoms with Crippen molar-refractivity contribution in [2.75, 3.05) is 46.4 Å². The molecule has 0 aromatic heterocycles. The van der Waals surface area contributed by atoms with Gasteiger partial charge >= 0.3 is 0 Å². The predicted molar refractivity (Wildman–Crippen MR) is 126 cm³/mol. The van der Waals surface area contributed by atoms with E-state index in [4.69, 9.17) is 4.74 Å². The van der Waals surface area contributed by atoms with Crippen LogP contribution in [0.1, 0.15) is 30.9 Å². The number of ether oxygens (including phenoxy) is 1. The zero-order valence-electron chi connectivity index (χ0n) is 20.1. The van der Waals surface area contributed by atoms with Crippen LogP contribution in [0.4, 0.5) is 8.78 Å². The maximum atomic E-state index is 14.7. The van der Waals surface area contributed by atoms with Crippen molar-refractivity contribution in [3.8, 4) is 0 Å². The Morgan fingerprint density at radius 1 is 1.06 bits per heavy atom. The van der Waals surface area contributed by atoms with Gasteiger partial charge in [0, 0.05) is 63.7 Å². The fourth-order valence-electron chi connectivity index (χ4n) is 5.84. The van der Waals surface area contributed by atoms with Crippen molar-refractivity contribution >= 4 is 5.91 Å². The molecule has 2 aromatic carbocycles. The third-order valence-corrected chi connectivity index (χ3v) is 7.73. The Hall–Kier alpha value is -2.35. The number of aliphatic hydroxyl groups is 1. The monoisotopic (exact) mass is 472 g/mol. The highest BCUT2D eigenvalue weighted by Crippen LogP contribution is 2.43. The Kier molecular flexibility index (Phi) is 7.36. The number of carbonyl (C=O) groups is 1. The number of amides is 1. The molecule has 2 aliphatic rings. The lowest BCUT2D eigenvalue weighted by Gasteiger charge is -2.48. The Bertz CT molecular complexity index is 991. The number of benzene rings is 2. The van der Waals surface area contributed by atoms with E-state index in [0.717, 1.165) is 11.6 Å². The zero-order valence-corrected chi connectivity index (χ0v) is 20.1. The number of carbonyl (C=O) groups excluding carboxylic acids is 1. The lowest BCUT2D eigenvalue weighted by molar-refractivity contribution is -0.152. The quantitative estimate of drug-likeness (QED) is 0.698. The van der Waals surface area contributed by atoms with Crippen molar-refractivity contribution in [3.63, 3.8) is 0 Å². The van der Waals surface area contributed by atoms with Gasteiger partial charge in [0.1, 0.15) is 11.6 Å². The molecule has 1 unspecified atom stereocenters. The summed E-state index contributed by atoms with van der Waals surface area (Å²) >= 11 is 0. The Labute approximate surface area is 200 Å². The van der Waals surface area contributed by atoms with Gasteiger partial charge in [-0.1, -0.05) is 50.2 Å². The standard InChI is InChI=1S/C27H34F2N2O3/c1-18-14-31(15-19(2)27(18,33)20-7-5-4-6-8-20)26(32)24-17-30(11-12-34-3)16-23(24)22-10-9-21(28)13-25(22)29/h4-10,13,18-19,23-24,33H,11-12,14-17H2,1-3H3/t18-,19+,23-,24+,27?/m0/s1. The van der Waals surface area contributed by atoms with E-state index in [1.54, 1.807) is 7.11 Å². The summed E-state index contributed by atoms with van der Waals surface area (Å²) in [5, 5.41) is 11.6. The topological polar surface area (TPSA) is 53.0 Å². The fraction of sp³-hybridized carbons (Fsp3) is 0.519. The minimum absolute atomic E-state index is 0.0394. The Morgan fingerprint density at radius 2 is 1.74 bits per heavy atom. The summed E-state index contributed by atoms with van der Waals surface area (Å²) in [5.41, 5.74) is 0.208. The molecule has 1 N–H and O–H groups in total. The summed E-state index contributed by atoms with van der Waals surface area (Å²) in [6, 6.07) is 13.2. The van der Waals surface area contributed by atoms with Gasteiger partial charge in [-0.15, -0.1) is 0 Å². The van der Waals surface area contributed by atoms with Crippen LogP contribution >= 0.6 is 0 Å². The van der Waals surface area contributed by atoms with Gasteiger partial charge in [0.15, 0.2) is 0 Å². The second kappa shape index (κ2) is 10.1. The van der Waals surface area contributed by atoms with Crippen molar-refractivity contribution in [1.82, 2.24) is 9.80 Å². The van der Waals surface area contributed by atoms with Crippen LogP contribution in [0.3, 0.4) is 0 Å². The first-order chi connectivity index (χ1) is 16.3. The first-order valence-electron chi connectivity index (χ1n) is 12.0. The number of likely N-dealkylation sites (tertiary alicyclic amines) is 2. The highest BCUT2D eigenvalue weighted by atomic mass is 19.1. The van der Waals surface area contributed by atoms with E-state index in [1.807, 2.05) is 49.1 Å². The largest absolute Gasteiger partial charge is 0.384 e. The van der Waals surface area contributed by atoms with Crippen LogP contribution in [0.5, 0.6) is 0 Å². The third-order valence-electron chi connectivity index (χ3n) is 7.73. The number of piperidine rings is 1. The molecule has 0 radical (unpaired) electrons. The minimum atomic E-state index is -1.03. The Morgan fingerprint density at radius 3 is 2.35 bits per heavy atom. The van der Waals surface area contributed by atoms with Crippen LogP contribution in [0.25, 0.3) is 0 Å². The molecule has 2 aliphatic heterocycles. The lowest BCUT2D eigenvalue weighted by Crippen LogP contribution is -2.57. The van der Waals surface area contributed by atoms with Gasteiger partial charge in [-0.25, -0.2) is 8.78 Å². The molecule has 1 amide bonds. The minimum Gasteiger partial charge on any atom is -0.384 e. The van der Waals surface area contributed by atoms with Gasteiger partial charge in [-0.2, -0.15) is 0 Å². The molecule has 2 aromatic rings. The van der Waals surface area contributed by atoms with Crippen LogP contribution in [0, 0.1) is 29.4 Å². The van der Waals surface area contributed by atoms with E-state index < -0.39 is 23.2 Å². The maximum Gasteiger partial charge on any atom is 0.227 e. The maximum absolute atomic E-state index is 14.7. The number of hydrogen-bond donors (Lipinski definition) is 1. The summed E-state index contributed by atoms with van der Waals surface area (Å²) in [6.07, 6.45) is 0. The van der Waals surface area contributed by atoms with Crippen LogP contribution in [0.2, 0.25) is 0 Å². The van der Waals surface area contributed by atoms with Crippen LogP contribution < -0.4 is 0 Å². The fourth-order valence-corrected chi connectivity index (χ4v) is 5.84. The van der Waals surface area contributed by atoms with Gasteiger partial charge in [0.25, 0.3) is 0 Å². The van der Waals surface area contributed by atoms with Crippen LogP contribution in [0.15, 0.2) is 48.5 Å². The van der Waals surface area contributed by atoms with Gasteiger partial charge in [0.2, 0.25) is 5.91 Å². The highest BCUT2D eigenvalue weighted by Gasteiger charge is 2.49. The Balaban J connectivity index is 1.57. The van der Waals surface area contributed by atoms with E-state index in [9.17, 15) is 18.7 Å². The van der Waals surface area contributed by atoms with E-state index >= 15 is 0 Å². The number of methoxy groups -OCH3 is 1. The molecule has 7 heteroatoms.